The summed E-state index contributed by atoms with van der Waals surface area (Å²) in [6.45, 7) is 3.47. The molecule has 3 aromatic rings. The highest BCUT2D eigenvalue weighted by Crippen LogP contribution is 2.23. The molecule has 0 unspecified atom stereocenters. The van der Waals surface area contributed by atoms with Crippen molar-refractivity contribution in [1.29, 1.82) is 0 Å². The highest BCUT2D eigenvalue weighted by atomic mass is 79.9. The predicted molar refractivity (Wildman–Crippen MR) is 121 cm³/mol. The molecule has 0 radical (unpaired) electrons. The molecule has 162 valence electrons. The van der Waals surface area contributed by atoms with Gasteiger partial charge >= 0.3 is 0 Å². The molecule has 4 rings (SSSR count). The number of hydrogen-bond acceptors (Lipinski definition) is 4. The summed E-state index contributed by atoms with van der Waals surface area (Å²) in [4.78, 5) is 30.1. The smallest absolute Gasteiger partial charge is 0.272 e. The summed E-state index contributed by atoms with van der Waals surface area (Å²) in [6, 6.07) is 11.5. The Morgan fingerprint density at radius 3 is 2.71 bits per heavy atom. The number of aromatic amines is 1. The Hall–Kier alpha value is -2.75. The van der Waals surface area contributed by atoms with E-state index in [0.29, 0.717) is 31.1 Å². The van der Waals surface area contributed by atoms with Gasteiger partial charge in [0.05, 0.1) is 18.9 Å². The molecule has 2 heterocycles. The van der Waals surface area contributed by atoms with E-state index in [1.807, 2.05) is 18.2 Å². The van der Waals surface area contributed by atoms with E-state index in [1.54, 1.807) is 6.07 Å². The van der Waals surface area contributed by atoms with E-state index in [9.17, 15) is 14.0 Å². The molecule has 1 fully saturated rings. The Kier molecular flexibility index (Phi) is 6.64. The fraction of sp³-hybridized carbons (Fsp3) is 0.273. The number of aromatic nitrogens is 1. The lowest BCUT2D eigenvalue weighted by molar-refractivity contribution is -0.116. The van der Waals surface area contributed by atoms with Crippen LogP contribution in [0.25, 0.3) is 10.9 Å². The molecule has 0 spiro atoms. The summed E-state index contributed by atoms with van der Waals surface area (Å²) < 4.78 is 20.4. The third-order valence-corrected chi connectivity index (χ3v) is 5.58. The molecule has 0 atom stereocenters. The van der Waals surface area contributed by atoms with E-state index < -0.39 is 5.82 Å². The number of halogens is 2. The number of benzene rings is 2. The van der Waals surface area contributed by atoms with E-state index in [0.717, 1.165) is 28.5 Å². The number of amides is 2. The normalized spacial score (nSPS) is 14.5. The molecule has 0 aliphatic carbocycles. The Labute approximate surface area is 187 Å². The number of carbonyl (C=O) groups is 2. The molecular formula is C22H22BrFN4O3. The molecule has 1 aliphatic rings. The molecule has 0 saturated carbocycles. The summed E-state index contributed by atoms with van der Waals surface area (Å²) in [5.41, 5.74) is 1.63. The van der Waals surface area contributed by atoms with Gasteiger partial charge < -0.3 is 20.4 Å². The predicted octanol–water partition coefficient (Wildman–Crippen LogP) is 3.98. The summed E-state index contributed by atoms with van der Waals surface area (Å²) in [5, 5.41) is 6.23. The average molecular weight is 489 g/mol. The number of nitrogens with one attached hydrogen (secondary N) is 3. The first-order valence-electron chi connectivity index (χ1n) is 9.97. The second-order valence-corrected chi connectivity index (χ2v) is 8.23. The number of hydrogen-bond donors (Lipinski definition) is 3. The van der Waals surface area contributed by atoms with Gasteiger partial charge in [0.25, 0.3) is 5.91 Å². The lowest BCUT2D eigenvalue weighted by atomic mass is 10.2. The maximum absolute atomic E-state index is 14.2. The largest absolute Gasteiger partial charge is 0.379 e. The quantitative estimate of drug-likeness (QED) is 0.489. The Morgan fingerprint density at radius 1 is 1.10 bits per heavy atom. The van der Waals surface area contributed by atoms with Gasteiger partial charge in [-0.15, -0.1) is 0 Å². The summed E-state index contributed by atoms with van der Waals surface area (Å²) in [7, 11) is 0. The minimum Gasteiger partial charge on any atom is -0.379 e. The third kappa shape index (κ3) is 5.49. The maximum atomic E-state index is 14.2. The monoisotopic (exact) mass is 488 g/mol. The molecule has 0 bridgehead atoms. The van der Waals surface area contributed by atoms with Crippen LogP contribution >= 0.6 is 15.9 Å². The van der Waals surface area contributed by atoms with E-state index in [-0.39, 0.29) is 23.9 Å². The van der Waals surface area contributed by atoms with E-state index in [2.05, 4.69) is 36.4 Å². The molecule has 1 saturated heterocycles. The zero-order chi connectivity index (χ0) is 21.8. The van der Waals surface area contributed by atoms with Crippen molar-refractivity contribution in [3.8, 4) is 0 Å². The lowest BCUT2D eigenvalue weighted by Gasteiger charge is -2.26. The van der Waals surface area contributed by atoms with Gasteiger partial charge in [-0.3, -0.25) is 14.5 Å². The summed E-state index contributed by atoms with van der Waals surface area (Å²) >= 11 is 3.40. The van der Waals surface area contributed by atoms with Crippen molar-refractivity contribution in [2.24, 2.45) is 0 Å². The van der Waals surface area contributed by atoms with Gasteiger partial charge in [-0.1, -0.05) is 22.0 Å². The van der Waals surface area contributed by atoms with E-state index in [4.69, 9.17) is 4.74 Å². The SMILES string of the molecule is O=C(CCN1CCOCC1)Nc1cc(NC(=O)c2cc3ccc(Br)cc3[nH]2)ccc1F. The highest BCUT2D eigenvalue weighted by Gasteiger charge is 2.15. The van der Waals surface area contributed by atoms with Crippen LogP contribution in [0.1, 0.15) is 16.9 Å². The van der Waals surface area contributed by atoms with Gasteiger partial charge in [-0.25, -0.2) is 4.39 Å². The van der Waals surface area contributed by atoms with E-state index in [1.165, 1.54) is 18.2 Å². The lowest BCUT2D eigenvalue weighted by Crippen LogP contribution is -2.38. The van der Waals surface area contributed by atoms with Gasteiger partial charge in [0.2, 0.25) is 5.91 Å². The van der Waals surface area contributed by atoms with Crippen LogP contribution in [0.15, 0.2) is 46.9 Å². The molecule has 2 amide bonds. The number of anilines is 2. The van der Waals surface area contributed by atoms with Crippen LogP contribution in [0.4, 0.5) is 15.8 Å². The van der Waals surface area contributed by atoms with Crippen molar-refractivity contribution in [3.63, 3.8) is 0 Å². The van der Waals surface area contributed by atoms with Crippen molar-refractivity contribution in [2.75, 3.05) is 43.5 Å². The molecule has 31 heavy (non-hydrogen) atoms. The second-order valence-electron chi connectivity index (χ2n) is 7.32. The number of morpholine rings is 1. The molecular weight excluding hydrogens is 467 g/mol. The average Bonchev–Trinajstić information content (AvgIpc) is 3.19. The second kappa shape index (κ2) is 9.59. The van der Waals surface area contributed by atoms with Gasteiger partial charge in [0, 0.05) is 47.1 Å². The van der Waals surface area contributed by atoms with Crippen LogP contribution in [0.2, 0.25) is 0 Å². The number of H-pyrrole nitrogens is 1. The van der Waals surface area contributed by atoms with Gasteiger partial charge in [-0.2, -0.15) is 0 Å². The first kappa shape index (κ1) is 21.5. The maximum Gasteiger partial charge on any atom is 0.272 e. The van der Waals surface area contributed by atoms with Crippen molar-refractivity contribution in [2.45, 2.75) is 6.42 Å². The number of carbonyl (C=O) groups excluding carboxylic acids is 2. The molecule has 2 aromatic carbocycles. The molecule has 9 heteroatoms. The summed E-state index contributed by atoms with van der Waals surface area (Å²) in [6.07, 6.45) is 0.251. The number of nitrogens with zero attached hydrogens (tertiary/aromatic N) is 1. The van der Waals surface area contributed by atoms with Gasteiger partial charge in [0.1, 0.15) is 11.5 Å². The zero-order valence-corrected chi connectivity index (χ0v) is 18.3. The first-order chi connectivity index (χ1) is 15.0. The fourth-order valence-corrected chi connectivity index (χ4v) is 3.78. The van der Waals surface area contributed by atoms with Crippen molar-refractivity contribution < 1.29 is 18.7 Å². The highest BCUT2D eigenvalue weighted by molar-refractivity contribution is 9.10. The zero-order valence-electron chi connectivity index (χ0n) is 16.7. The fourth-order valence-electron chi connectivity index (χ4n) is 3.42. The summed E-state index contributed by atoms with van der Waals surface area (Å²) in [5.74, 6) is -1.20. The van der Waals surface area contributed by atoms with Crippen LogP contribution in [0.3, 0.4) is 0 Å². The van der Waals surface area contributed by atoms with Gasteiger partial charge in [-0.05, 0) is 36.4 Å². The number of rotatable bonds is 6. The third-order valence-electron chi connectivity index (χ3n) is 5.09. The Morgan fingerprint density at radius 2 is 1.90 bits per heavy atom. The molecule has 3 N–H and O–H groups in total. The molecule has 1 aromatic heterocycles. The minimum absolute atomic E-state index is 0.0327. The van der Waals surface area contributed by atoms with Crippen molar-refractivity contribution >= 4 is 50.0 Å². The minimum atomic E-state index is -0.562. The first-order valence-corrected chi connectivity index (χ1v) is 10.8. The standard InChI is InChI=1S/C22H22BrFN4O3/c23-15-2-1-14-11-20(26-18(14)12-15)22(30)25-16-3-4-17(24)19(13-16)27-21(29)5-6-28-7-9-31-10-8-28/h1-4,11-13,26H,5-10H2,(H,25,30)(H,27,29). The van der Waals surface area contributed by atoms with Crippen LogP contribution in [0.5, 0.6) is 0 Å². The van der Waals surface area contributed by atoms with Gasteiger partial charge in [0.15, 0.2) is 0 Å². The van der Waals surface area contributed by atoms with Crippen LogP contribution < -0.4 is 10.6 Å². The number of fused-ring (bicyclic) bond motifs is 1. The molecule has 7 nitrogen and oxygen atoms in total. The topological polar surface area (TPSA) is 86.5 Å². The van der Waals surface area contributed by atoms with Crippen molar-refractivity contribution in [1.82, 2.24) is 9.88 Å². The molecule has 1 aliphatic heterocycles. The Balaban J connectivity index is 1.39. The van der Waals surface area contributed by atoms with Crippen LogP contribution in [-0.4, -0.2) is 54.5 Å². The van der Waals surface area contributed by atoms with E-state index >= 15 is 0 Å². The van der Waals surface area contributed by atoms with Crippen LogP contribution in [0, 0.1) is 5.82 Å². The van der Waals surface area contributed by atoms with Crippen molar-refractivity contribution in [3.05, 3.63) is 58.4 Å². The number of ether oxygens (including phenoxy) is 1. The van der Waals surface area contributed by atoms with Crippen LogP contribution in [-0.2, 0) is 9.53 Å². The Bertz CT molecular complexity index is 1110.